The number of halogens is 3. The molecule has 2 rings (SSSR count). The van der Waals surface area contributed by atoms with E-state index in [1.54, 1.807) is 12.1 Å². The predicted octanol–water partition coefficient (Wildman–Crippen LogP) is 4.33. The molecule has 0 saturated heterocycles. The standard InChI is InChI=1S/C14H12ClFIN/c15-11-7-10(5-6-13(11)17)14(18)8-9-3-1-2-4-12(9)16/h1-7,14H,8,18H2. The van der Waals surface area contributed by atoms with Crippen LogP contribution in [0.2, 0.25) is 5.02 Å². The summed E-state index contributed by atoms with van der Waals surface area (Å²) in [5, 5.41) is 0.678. The zero-order chi connectivity index (χ0) is 13.1. The summed E-state index contributed by atoms with van der Waals surface area (Å²) in [7, 11) is 0. The molecule has 2 N–H and O–H groups in total. The lowest BCUT2D eigenvalue weighted by molar-refractivity contribution is 0.593. The average molecular weight is 376 g/mol. The van der Waals surface area contributed by atoms with E-state index >= 15 is 0 Å². The van der Waals surface area contributed by atoms with Crippen molar-refractivity contribution in [3.05, 3.63) is 68.0 Å². The van der Waals surface area contributed by atoms with Gasteiger partial charge in [0.05, 0.1) is 5.02 Å². The van der Waals surface area contributed by atoms with Crippen LogP contribution in [0.5, 0.6) is 0 Å². The van der Waals surface area contributed by atoms with E-state index in [1.807, 2.05) is 24.3 Å². The Morgan fingerprint density at radius 1 is 1.22 bits per heavy atom. The molecule has 2 aromatic carbocycles. The molecule has 0 aliphatic heterocycles. The monoisotopic (exact) mass is 375 g/mol. The number of hydrogen-bond acceptors (Lipinski definition) is 1. The van der Waals surface area contributed by atoms with Crippen LogP contribution in [0, 0.1) is 9.39 Å². The zero-order valence-electron chi connectivity index (χ0n) is 9.54. The highest BCUT2D eigenvalue weighted by molar-refractivity contribution is 14.1. The van der Waals surface area contributed by atoms with Crippen LogP contribution < -0.4 is 5.73 Å². The molecule has 0 radical (unpaired) electrons. The molecule has 1 unspecified atom stereocenters. The zero-order valence-corrected chi connectivity index (χ0v) is 12.5. The second-order valence-corrected chi connectivity index (χ2v) is 5.64. The molecule has 0 spiro atoms. The van der Waals surface area contributed by atoms with Gasteiger partial charge in [-0.25, -0.2) is 4.39 Å². The highest BCUT2D eigenvalue weighted by atomic mass is 127. The molecule has 0 saturated carbocycles. The van der Waals surface area contributed by atoms with Gasteiger partial charge in [-0.15, -0.1) is 0 Å². The first kappa shape index (κ1) is 13.8. The van der Waals surface area contributed by atoms with Crippen molar-refractivity contribution < 1.29 is 4.39 Å². The lowest BCUT2D eigenvalue weighted by Crippen LogP contribution is -2.14. The van der Waals surface area contributed by atoms with E-state index in [0.717, 1.165) is 9.13 Å². The summed E-state index contributed by atoms with van der Waals surface area (Å²) in [6.07, 6.45) is 0.462. The molecule has 0 fully saturated rings. The van der Waals surface area contributed by atoms with Crippen LogP contribution in [0.1, 0.15) is 17.2 Å². The first-order valence-corrected chi connectivity index (χ1v) is 6.97. The van der Waals surface area contributed by atoms with Gasteiger partial charge in [0, 0.05) is 9.61 Å². The van der Waals surface area contributed by atoms with Gasteiger partial charge in [-0.05, 0) is 58.3 Å². The molecule has 0 aromatic heterocycles. The molecule has 2 aromatic rings. The Balaban J connectivity index is 2.19. The highest BCUT2D eigenvalue weighted by Crippen LogP contribution is 2.24. The van der Waals surface area contributed by atoms with Crippen LogP contribution in [0.4, 0.5) is 4.39 Å². The van der Waals surface area contributed by atoms with Crippen LogP contribution in [-0.4, -0.2) is 0 Å². The molecule has 0 heterocycles. The summed E-state index contributed by atoms with van der Waals surface area (Å²) >= 11 is 8.22. The molecular formula is C14H12ClFIN. The normalized spacial score (nSPS) is 12.4. The second kappa shape index (κ2) is 5.99. The van der Waals surface area contributed by atoms with Gasteiger partial charge in [0.15, 0.2) is 0 Å². The fourth-order valence-corrected chi connectivity index (χ4v) is 2.29. The van der Waals surface area contributed by atoms with Crippen molar-refractivity contribution in [2.45, 2.75) is 12.5 Å². The number of rotatable bonds is 3. The Bertz CT molecular complexity index is 559. The lowest BCUT2D eigenvalue weighted by atomic mass is 9.99. The first-order valence-electron chi connectivity index (χ1n) is 5.52. The SMILES string of the molecule is NC(Cc1ccccc1F)c1ccc(I)c(Cl)c1. The number of nitrogens with two attached hydrogens (primary N) is 1. The summed E-state index contributed by atoms with van der Waals surface area (Å²) < 4.78 is 14.5. The van der Waals surface area contributed by atoms with Crippen molar-refractivity contribution in [2.75, 3.05) is 0 Å². The van der Waals surface area contributed by atoms with Crippen LogP contribution in [-0.2, 0) is 6.42 Å². The Morgan fingerprint density at radius 2 is 1.94 bits per heavy atom. The van der Waals surface area contributed by atoms with Gasteiger partial charge in [0.25, 0.3) is 0 Å². The van der Waals surface area contributed by atoms with Crippen molar-refractivity contribution in [3.63, 3.8) is 0 Å². The van der Waals surface area contributed by atoms with E-state index in [-0.39, 0.29) is 11.9 Å². The minimum Gasteiger partial charge on any atom is -0.324 e. The Kier molecular flexibility index (Phi) is 4.59. The van der Waals surface area contributed by atoms with Gasteiger partial charge >= 0.3 is 0 Å². The van der Waals surface area contributed by atoms with E-state index in [0.29, 0.717) is 17.0 Å². The third kappa shape index (κ3) is 3.22. The molecule has 4 heteroatoms. The Morgan fingerprint density at radius 3 is 2.61 bits per heavy atom. The van der Waals surface area contributed by atoms with E-state index < -0.39 is 0 Å². The van der Waals surface area contributed by atoms with Crippen LogP contribution in [0.25, 0.3) is 0 Å². The third-order valence-electron chi connectivity index (χ3n) is 2.77. The van der Waals surface area contributed by atoms with Gasteiger partial charge in [-0.2, -0.15) is 0 Å². The van der Waals surface area contributed by atoms with Gasteiger partial charge in [-0.1, -0.05) is 35.9 Å². The summed E-state index contributed by atoms with van der Waals surface area (Å²) in [5.41, 5.74) is 7.63. The minimum absolute atomic E-state index is 0.218. The molecule has 94 valence electrons. The largest absolute Gasteiger partial charge is 0.324 e. The van der Waals surface area contributed by atoms with Gasteiger partial charge in [-0.3, -0.25) is 0 Å². The van der Waals surface area contributed by atoms with Gasteiger partial charge in [0.2, 0.25) is 0 Å². The highest BCUT2D eigenvalue weighted by Gasteiger charge is 2.11. The third-order valence-corrected chi connectivity index (χ3v) is 4.34. The van der Waals surface area contributed by atoms with Gasteiger partial charge < -0.3 is 5.73 Å². The van der Waals surface area contributed by atoms with Crippen molar-refractivity contribution in [3.8, 4) is 0 Å². The van der Waals surface area contributed by atoms with Crippen molar-refractivity contribution in [1.82, 2.24) is 0 Å². The van der Waals surface area contributed by atoms with Crippen LogP contribution in [0.3, 0.4) is 0 Å². The fraction of sp³-hybridized carbons (Fsp3) is 0.143. The molecule has 18 heavy (non-hydrogen) atoms. The molecule has 1 nitrogen and oxygen atoms in total. The maximum atomic E-state index is 13.5. The van der Waals surface area contributed by atoms with E-state index in [9.17, 15) is 4.39 Å². The maximum Gasteiger partial charge on any atom is 0.126 e. The quantitative estimate of drug-likeness (QED) is 0.794. The molecular weight excluding hydrogens is 364 g/mol. The number of benzene rings is 2. The summed E-state index contributed by atoms with van der Waals surface area (Å²) in [6.45, 7) is 0. The summed E-state index contributed by atoms with van der Waals surface area (Å²) in [5.74, 6) is -0.218. The van der Waals surface area contributed by atoms with Crippen molar-refractivity contribution >= 4 is 34.2 Å². The minimum atomic E-state index is -0.253. The molecule has 0 aliphatic rings. The molecule has 0 amide bonds. The van der Waals surface area contributed by atoms with E-state index in [4.69, 9.17) is 17.3 Å². The number of hydrogen-bond donors (Lipinski definition) is 1. The second-order valence-electron chi connectivity index (χ2n) is 4.08. The van der Waals surface area contributed by atoms with Crippen molar-refractivity contribution in [2.24, 2.45) is 5.73 Å². The maximum absolute atomic E-state index is 13.5. The topological polar surface area (TPSA) is 26.0 Å². The molecule has 1 atom stereocenters. The molecule has 0 bridgehead atoms. The summed E-state index contributed by atoms with van der Waals surface area (Å²) in [6, 6.07) is 12.1. The summed E-state index contributed by atoms with van der Waals surface area (Å²) in [4.78, 5) is 0. The average Bonchev–Trinajstić information content (AvgIpc) is 2.35. The molecule has 0 aliphatic carbocycles. The Labute approximate surface area is 124 Å². The Hall–Kier alpha value is -0.650. The van der Waals surface area contributed by atoms with Crippen molar-refractivity contribution in [1.29, 1.82) is 0 Å². The van der Waals surface area contributed by atoms with Gasteiger partial charge in [0.1, 0.15) is 5.82 Å². The van der Waals surface area contributed by atoms with Crippen LogP contribution >= 0.6 is 34.2 Å². The fourth-order valence-electron chi connectivity index (χ4n) is 1.76. The first-order chi connectivity index (χ1) is 8.58. The van der Waals surface area contributed by atoms with E-state index in [1.165, 1.54) is 6.07 Å². The van der Waals surface area contributed by atoms with Crippen LogP contribution in [0.15, 0.2) is 42.5 Å². The smallest absolute Gasteiger partial charge is 0.126 e. The van der Waals surface area contributed by atoms with E-state index in [2.05, 4.69) is 22.6 Å². The lowest BCUT2D eigenvalue weighted by Gasteiger charge is -2.13. The predicted molar refractivity (Wildman–Crippen MR) is 81.2 cm³/mol.